The average molecular weight is 403 g/mol. The molecule has 0 radical (unpaired) electrons. The summed E-state index contributed by atoms with van der Waals surface area (Å²) < 4.78 is 30.6. The zero-order valence-corrected chi connectivity index (χ0v) is 15.6. The van der Waals surface area contributed by atoms with Crippen molar-refractivity contribution in [1.82, 2.24) is 0 Å². The molecule has 7 heteroatoms. The van der Waals surface area contributed by atoms with E-state index >= 15 is 0 Å². The van der Waals surface area contributed by atoms with Gasteiger partial charge in [0.2, 0.25) is 9.84 Å². The third kappa shape index (κ3) is 4.30. The van der Waals surface area contributed by atoms with E-state index in [9.17, 15) is 13.2 Å². The van der Waals surface area contributed by atoms with Gasteiger partial charge in [0.1, 0.15) is 5.75 Å². The third-order valence-corrected chi connectivity index (χ3v) is 5.84. The Morgan fingerprint density at radius 2 is 1.56 bits per heavy atom. The highest BCUT2D eigenvalue weighted by Crippen LogP contribution is 2.33. The quantitative estimate of drug-likeness (QED) is 0.664. The van der Waals surface area contributed by atoms with Crippen LogP contribution >= 0.6 is 11.6 Å². The lowest BCUT2D eigenvalue weighted by Gasteiger charge is -2.12. The van der Waals surface area contributed by atoms with E-state index in [1.54, 1.807) is 48.5 Å². The van der Waals surface area contributed by atoms with Crippen molar-refractivity contribution in [3.63, 3.8) is 0 Å². The first-order chi connectivity index (χ1) is 12.9. The second kappa shape index (κ2) is 7.82. The van der Waals surface area contributed by atoms with Gasteiger partial charge in [-0.15, -0.1) is 0 Å². The fraction of sp³-hybridized carbons (Fsp3) is 0.0500. The molecule has 3 rings (SSSR count). The van der Waals surface area contributed by atoms with Crippen LogP contribution < -0.4 is 4.74 Å². The van der Waals surface area contributed by atoms with E-state index in [0.717, 1.165) is 0 Å². The number of hydrogen-bond acceptors (Lipinski definition) is 4. The van der Waals surface area contributed by atoms with E-state index in [-0.39, 0.29) is 9.79 Å². The van der Waals surface area contributed by atoms with Gasteiger partial charge in [0.15, 0.2) is 6.61 Å². The van der Waals surface area contributed by atoms with Gasteiger partial charge in [-0.05, 0) is 48.0 Å². The number of sulfone groups is 1. The molecule has 0 fully saturated rings. The van der Waals surface area contributed by atoms with Gasteiger partial charge in [-0.25, -0.2) is 13.2 Å². The number of ether oxygens (including phenoxy) is 1. The number of hydrogen-bond donors (Lipinski definition) is 1. The van der Waals surface area contributed by atoms with Crippen LogP contribution in [0.1, 0.15) is 0 Å². The number of aliphatic carboxylic acids is 1. The summed E-state index contributed by atoms with van der Waals surface area (Å²) in [5.41, 5.74) is 1.23. The van der Waals surface area contributed by atoms with Crippen LogP contribution in [0, 0.1) is 0 Å². The number of carbonyl (C=O) groups is 1. The molecule has 0 heterocycles. The lowest BCUT2D eigenvalue weighted by molar-refractivity contribution is -0.139. The van der Waals surface area contributed by atoms with E-state index in [1.165, 1.54) is 24.3 Å². The standard InChI is InChI=1S/C20H15ClO5S/c21-15-8-11-19(26-13-20(22)23)18(12-15)14-6-9-17(10-7-14)27(24,25)16-4-2-1-3-5-16/h1-12H,13H2,(H,22,23). The molecule has 0 saturated heterocycles. The Morgan fingerprint density at radius 3 is 2.19 bits per heavy atom. The fourth-order valence-corrected chi connectivity index (χ4v) is 4.00. The largest absolute Gasteiger partial charge is 0.481 e. The van der Waals surface area contributed by atoms with Crippen molar-refractivity contribution in [2.45, 2.75) is 9.79 Å². The van der Waals surface area contributed by atoms with Crippen molar-refractivity contribution in [2.75, 3.05) is 6.61 Å². The molecule has 0 saturated carbocycles. The molecule has 0 unspecified atom stereocenters. The number of carboxylic acid groups (broad SMARTS) is 1. The van der Waals surface area contributed by atoms with E-state index in [0.29, 0.717) is 21.9 Å². The van der Waals surface area contributed by atoms with Gasteiger partial charge in [0.05, 0.1) is 9.79 Å². The molecule has 3 aromatic carbocycles. The monoisotopic (exact) mass is 402 g/mol. The van der Waals surface area contributed by atoms with Crippen LogP contribution in [-0.4, -0.2) is 26.1 Å². The number of carboxylic acids is 1. The molecular formula is C20H15ClO5S. The Morgan fingerprint density at radius 1 is 0.926 bits per heavy atom. The number of benzene rings is 3. The van der Waals surface area contributed by atoms with Crippen LogP contribution in [0.25, 0.3) is 11.1 Å². The molecule has 0 spiro atoms. The second-order valence-electron chi connectivity index (χ2n) is 5.66. The summed E-state index contributed by atoms with van der Waals surface area (Å²) in [6.45, 7) is -0.491. The maximum atomic E-state index is 12.7. The molecule has 0 aliphatic carbocycles. The molecule has 0 aliphatic rings. The SMILES string of the molecule is O=C(O)COc1ccc(Cl)cc1-c1ccc(S(=O)(=O)c2ccccc2)cc1. The first-order valence-electron chi connectivity index (χ1n) is 7.92. The fourth-order valence-electron chi connectivity index (χ4n) is 2.54. The van der Waals surface area contributed by atoms with Gasteiger partial charge in [-0.1, -0.05) is 41.9 Å². The van der Waals surface area contributed by atoms with Crippen molar-refractivity contribution in [3.05, 3.63) is 77.8 Å². The number of halogens is 1. The van der Waals surface area contributed by atoms with E-state index in [1.807, 2.05) is 0 Å². The smallest absolute Gasteiger partial charge is 0.341 e. The summed E-state index contributed by atoms with van der Waals surface area (Å²) in [5, 5.41) is 9.26. The molecule has 0 atom stereocenters. The van der Waals surface area contributed by atoms with Gasteiger partial charge < -0.3 is 9.84 Å². The van der Waals surface area contributed by atoms with Gasteiger partial charge in [0, 0.05) is 10.6 Å². The molecule has 3 aromatic rings. The molecule has 5 nitrogen and oxygen atoms in total. The minimum absolute atomic E-state index is 0.160. The maximum absolute atomic E-state index is 12.7. The van der Waals surface area contributed by atoms with Gasteiger partial charge in [-0.3, -0.25) is 0 Å². The molecule has 1 N–H and O–H groups in total. The Bertz CT molecular complexity index is 1060. The summed E-state index contributed by atoms with van der Waals surface area (Å²) in [6, 6.07) is 19.2. The van der Waals surface area contributed by atoms with Crippen LogP contribution in [-0.2, 0) is 14.6 Å². The van der Waals surface area contributed by atoms with Gasteiger partial charge in [-0.2, -0.15) is 0 Å². The maximum Gasteiger partial charge on any atom is 0.341 e. The molecule has 0 aliphatic heterocycles. The first kappa shape index (κ1) is 18.9. The molecule has 27 heavy (non-hydrogen) atoms. The van der Waals surface area contributed by atoms with Crippen molar-refractivity contribution in [1.29, 1.82) is 0 Å². The van der Waals surface area contributed by atoms with E-state index < -0.39 is 22.4 Å². The van der Waals surface area contributed by atoms with Gasteiger partial charge >= 0.3 is 5.97 Å². The Kier molecular flexibility index (Phi) is 5.48. The summed E-state index contributed by atoms with van der Waals surface area (Å²) >= 11 is 6.05. The third-order valence-electron chi connectivity index (χ3n) is 3.82. The zero-order chi connectivity index (χ0) is 19.4. The second-order valence-corrected chi connectivity index (χ2v) is 8.05. The highest BCUT2D eigenvalue weighted by atomic mass is 35.5. The topological polar surface area (TPSA) is 80.7 Å². The molecule has 138 valence electrons. The average Bonchev–Trinajstić information content (AvgIpc) is 2.67. The first-order valence-corrected chi connectivity index (χ1v) is 9.79. The minimum Gasteiger partial charge on any atom is -0.481 e. The van der Waals surface area contributed by atoms with Crippen molar-refractivity contribution in [2.24, 2.45) is 0 Å². The van der Waals surface area contributed by atoms with Crippen molar-refractivity contribution < 1.29 is 23.1 Å². The predicted octanol–water partition coefficient (Wildman–Crippen LogP) is 4.30. The van der Waals surface area contributed by atoms with E-state index in [2.05, 4.69) is 0 Å². The zero-order valence-electron chi connectivity index (χ0n) is 14.0. The molecule has 0 aromatic heterocycles. The summed E-state index contributed by atoms with van der Waals surface area (Å²) in [6.07, 6.45) is 0. The van der Waals surface area contributed by atoms with Gasteiger partial charge in [0.25, 0.3) is 0 Å². The Hall–Kier alpha value is -2.83. The number of rotatable bonds is 6. The van der Waals surface area contributed by atoms with Crippen LogP contribution in [0.5, 0.6) is 5.75 Å². The molecule has 0 amide bonds. The lowest BCUT2D eigenvalue weighted by Crippen LogP contribution is -2.10. The van der Waals surface area contributed by atoms with Crippen LogP contribution in [0.15, 0.2) is 82.6 Å². The van der Waals surface area contributed by atoms with Crippen LogP contribution in [0.2, 0.25) is 5.02 Å². The summed E-state index contributed by atoms with van der Waals surface area (Å²) in [7, 11) is -3.61. The summed E-state index contributed by atoms with van der Waals surface area (Å²) in [5.74, 6) is -0.749. The highest BCUT2D eigenvalue weighted by Gasteiger charge is 2.17. The van der Waals surface area contributed by atoms with Crippen molar-refractivity contribution >= 4 is 27.4 Å². The summed E-state index contributed by atoms with van der Waals surface area (Å²) in [4.78, 5) is 11.1. The highest BCUT2D eigenvalue weighted by molar-refractivity contribution is 7.91. The van der Waals surface area contributed by atoms with E-state index in [4.69, 9.17) is 21.4 Å². The van der Waals surface area contributed by atoms with Crippen molar-refractivity contribution in [3.8, 4) is 16.9 Å². The molecule has 0 bridgehead atoms. The minimum atomic E-state index is -3.61. The van der Waals surface area contributed by atoms with Crippen LogP contribution in [0.3, 0.4) is 0 Å². The molecular weight excluding hydrogens is 388 g/mol. The van der Waals surface area contributed by atoms with Crippen LogP contribution in [0.4, 0.5) is 0 Å². The Labute approximate surface area is 161 Å². The lowest BCUT2D eigenvalue weighted by atomic mass is 10.0. The normalized spacial score (nSPS) is 11.1. The Balaban J connectivity index is 1.97. The predicted molar refractivity (Wildman–Crippen MR) is 102 cm³/mol.